The first-order chi connectivity index (χ1) is 9.24. The predicted octanol–water partition coefficient (Wildman–Crippen LogP) is 3.73. The Hall–Kier alpha value is -0.830. The van der Waals surface area contributed by atoms with Crippen molar-refractivity contribution in [1.29, 1.82) is 0 Å². The van der Waals surface area contributed by atoms with Gasteiger partial charge >= 0.3 is 0 Å². The molecule has 1 aliphatic carbocycles. The highest BCUT2D eigenvalue weighted by molar-refractivity contribution is 4.95. The molecule has 1 aromatic heterocycles. The van der Waals surface area contributed by atoms with Crippen molar-refractivity contribution in [3.63, 3.8) is 0 Å². The van der Waals surface area contributed by atoms with E-state index in [1.54, 1.807) is 0 Å². The smallest absolute Gasteiger partial charge is 0.194 e. The minimum Gasteiger partial charge on any atom is -0.446 e. The van der Waals surface area contributed by atoms with Crippen molar-refractivity contribution < 1.29 is 4.42 Å². The molecular weight excluding hydrogens is 236 g/mol. The van der Waals surface area contributed by atoms with Crippen LogP contribution in [-0.4, -0.2) is 17.6 Å². The first-order valence-electron chi connectivity index (χ1n) is 7.91. The lowest BCUT2D eigenvalue weighted by atomic mass is 10.0. The summed E-state index contributed by atoms with van der Waals surface area (Å²) < 4.78 is 5.81. The number of oxazole rings is 1. The third kappa shape index (κ3) is 5.35. The van der Waals surface area contributed by atoms with Crippen LogP contribution < -0.4 is 5.32 Å². The van der Waals surface area contributed by atoms with Gasteiger partial charge in [0.25, 0.3) is 0 Å². The van der Waals surface area contributed by atoms with Crippen molar-refractivity contribution in [3.8, 4) is 0 Å². The van der Waals surface area contributed by atoms with Crippen LogP contribution in [0.1, 0.15) is 64.0 Å². The molecule has 0 bridgehead atoms. The molecule has 2 rings (SSSR count). The van der Waals surface area contributed by atoms with Gasteiger partial charge in [0.05, 0.1) is 6.20 Å². The second-order valence-corrected chi connectivity index (χ2v) is 6.12. The Kier molecular flexibility index (Phi) is 5.90. The molecule has 1 N–H and O–H groups in total. The van der Waals surface area contributed by atoms with Gasteiger partial charge in [-0.05, 0) is 25.3 Å². The largest absolute Gasteiger partial charge is 0.446 e. The Labute approximate surface area is 117 Å². The number of aromatic nitrogens is 1. The second-order valence-electron chi connectivity index (χ2n) is 6.12. The zero-order valence-corrected chi connectivity index (χ0v) is 12.5. The molecule has 3 nitrogen and oxygen atoms in total. The van der Waals surface area contributed by atoms with E-state index in [2.05, 4.69) is 24.1 Å². The molecule has 1 aliphatic rings. The molecule has 1 aromatic rings. The summed E-state index contributed by atoms with van der Waals surface area (Å²) in [5.74, 6) is 2.93. The van der Waals surface area contributed by atoms with Crippen LogP contribution in [0, 0.1) is 5.92 Å². The molecule has 0 unspecified atom stereocenters. The molecule has 0 saturated heterocycles. The molecule has 0 atom stereocenters. The Morgan fingerprint density at radius 3 is 2.84 bits per heavy atom. The van der Waals surface area contributed by atoms with Crippen molar-refractivity contribution in [3.05, 3.63) is 17.8 Å². The van der Waals surface area contributed by atoms with Gasteiger partial charge < -0.3 is 9.73 Å². The number of rotatable bonds is 8. The number of nitrogens with one attached hydrogen (secondary N) is 1. The van der Waals surface area contributed by atoms with Crippen LogP contribution in [0.25, 0.3) is 0 Å². The highest BCUT2D eigenvalue weighted by Gasteiger charge is 2.15. The van der Waals surface area contributed by atoms with Crippen LogP contribution in [-0.2, 0) is 12.8 Å². The predicted molar refractivity (Wildman–Crippen MR) is 78.2 cm³/mol. The lowest BCUT2D eigenvalue weighted by Crippen LogP contribution is -2.23. The highest BCUT2D eigenvalue weighted by Crippen LogP contribution is 2.28. The third-order valence-corrected chi connectivity index (χ3v) is 4.00. The van der Waals surface area contributed by atoms with E-state index in [0.29, 0.717) is 6.04 Å². The zero-order valence-electron chi connectivity index (χ0n) is 12.5. The summed E-state index contributed by atoms with van der Waals surface area (Å²) in [6.07, 6.45) is 12.0. The van der Waals surface area contributed by atoms with E-state index in [4.69, 9.17) is 4.42 Å². The minimum atomic E-state index is 0.562. The average Bonchev–Trinajstić information content (AvgIpc) is 3.03. The molecule has 0 spiro atoms. The fourth-order valence-corrected chi connectivity index (χ4v) is 2.85. The van der Waals surface area contributed by atoms with E-state index in [1.165, 1.54) is 32.1 Å². The SMILES string of the molecule is CC(C)NCCCc1ncc(CCC2CCCC2)o1. The molecule has 0 amide bonds. The topological polar surface area (TPSA) is 38.1 Å². The Balaban J connectivity index is 1.63. The van der Waals surface area contributed by atoms with Gasteiger partial charge in [-0.3, -0.25) is 0 Å². The average molecular weight is 264 g/mol. The maximum atomic E-state index is 5.81. The second kappa shape index (κ2) is 7.68. The fourth-order valence-electron chi connectivity index (χ4n) is 2.85. The molecule has 3 heteroatoms. The van der Waals surface area contributed by atoms with Crippen molar-refractivity contribution in [2.75, 3.05) is 6.54 Å². The molecule has 19 heavy (non-hydrogen) atoms. The standard InChI is InChI=1S/C16H28N2O/c1-13(2)17-11-5-8-16-18-12-15(19-16)10-9-14-6-3-4-7-14/h12-14,17H,3-11H2,1-2H3. The summed E-state index contributed by atoms with van der Waals surface area (Å²) in [6, 6.07) is 0.562. The van der Waals surface area contributed by atoms with E-state index in [1.807, 2.05) is 6.20 Å². The number of hydrogen-bond acceptors (Lipinski definition) is 3. The lowest BCUT2D eigenvalue weighted by molar-refractivity contribution is 0.416. The minimum absolute atomic E-state index is 0.562. The molecule has 0 aliphatic heterocycles. The van der Waals surface area contributed by atoms with Crippen molar-refractivity contribution in [2.24, 2.45) is 5.92 Å². The maximum Gasteiger partial charge on any atom is 0.194 e. The van der Waals surface area contributed by atoms with Crippen molar-refractivity contribution >= 4 is 0 Å². The van der Waals surface area contributed by atoms with Crippen LogP contribution >= 0.6 is 0 Å². The van der Waals surface area contributed by atoms with Crippen LogP contribution in [0.15, 0.2) is 10.6 Å². The van der Waals surface area contributed by atoms with Crippen LogP contribution in [0.2, 0.25) is 0 Å². The van der Waals surface area contributed by atoms with Gasteiger partial charge in [-0.1, -0.05) is 39.5 Å². The van der Waals surface area contributed by atoms with Crippen molar-refractivity contribution in [2.45, 2.75) is 71.3 Å². The van der Waals surface area contributed by atoms with E-state index < -0.39 is 0 Å². The van der Waals surface area contributed by atoms with Gasteiger partial charge in [0.1, 0.15) is 5.76 Å². The molecule has 0 radical (unpaired) electrons. The molecule has 1 heterocycles. The lowest BCUT2D eigenvalue weighted by Gasteiger charge is -2.06. The van der Waals surface area contributed by atoms with E-state index in [0.717, 1.165) is 43.4 Å². The third-order valence-electron chi connectivity index (χ3n) is 4.00. The molecule has 108 valence electrons. The van der Waals surface area contributed by atoms with Crippen molar-refractivity contribution in [1.82, 2.24) is 10.3 Å². The van der Waals surface area contributed by atoms with Crippen LogP contribution in [0.5, 0.6) is 0 Å². The quantitative estimate of drug-likeness (QED) is 0.727. The Morgan fingerprint density at radius 1 is 1.32 bits per heavy atom. The number of nitrogens with zero attached hydrogens (tertiary/aromatic N) is 1. The summed E-state index contributed by atoms with van der Waals surface area (Å²) in [6.45, 7) is 5.38. The monoisotopic (exact) mass is 264 g/mol. The van der Waals surface area contributed by atoms with Crippen LogP contribution in [0.3, 0.4) is 0 Å². The van der Waals surface area contributed by atoms with Gasteiger partial charge in [-0.2, -0.15) is 0 Å². The molecule has 1 saturated carbocycles. The normalized spacial score (nSPS) is 16.6. The van der Waals surface area contributed by atoms with E-state index >= 15 is 0 Å². The Morgan fingerprint density at radius 2 is 2.11 bits per heavy atom. The van der Waals surface area contributed by atoms with Gasteiger partial charge in [-0.15, -0.1) is 0 Å². The van der Waals surface area contributed by atoms with Crippen LogP contribution in [0.4, 0.5) is 0 Å². The molecule has 0 aromatic carbocycles. The number of hydrogen-bond donors (Lipinski definition) is 1. The van der Waals surface area contributed by atoms with E-state index in [-0.39, 0.29) is 0 Å². The summed E-state index contributed by atoms with van der Waals surface area (Å²) in [5.41, 5.74) is 0. The van der Waals surface area contributed by atoms with Gasteiger partial charge in [0.2, 0.25) is 0 Å². The zero-order chi connectivity index (χ0) is 13.5. The first-order valence-corrected chi connectivity index (χ1v) is 7.91. The molecule has 1 fully saturated rings. The first kappa shape index (κ1) is 14.6. The fraction of sp³-hybridized carbons (Fsp3) is 0.812. The van der Waals surface area contributed by atoms with Gasteiger partial charge in [0, 0.05) is 18.9 Å². The Bertz CT molecular complexity index is 353. The molecular formula is C16H28N2O. The summed E-state index contributed by atoms with van der Waals surface area (Å²) in [4.78, 5) is 4.38. The van der Waals surface area contributed by atoms with Gasteiger partial charge in [0.15, 0.2) is 5.89 Å². The number of aryl methyl sites for hydroxylation is 2. The summed E-state index contributed by atoms with van der Waals surface area (Å²) in [5, 5.41) is 3.42. The van der Waals surface area contributed by atoms with Gasteiger partial charge in [-0.25, -0.2) is 4.98 Å². The van der Waals surface area contributed by atoms with E-state index in [9.17, 15) is 0 Å². The highest BCUT2D eigenvalue weighted by atomic mass is 16.4. The summed E-state index contributed by atoms with van der Waals surface area (Å²) >= 11 is 0. The summed E-state index contributed by atoms with van der Waals surface area (Å²) in [7, 11) is 0. The maximum absolute atomic E-state index is 5.81.